The van der Waals surface area contributed by atoms with Crippen molar-refractivity contribution in [2.75, 3.05) is 13.1 Å². The van der Waals surface area contributed by atoms with Crippen molar-refractivity contribution in [2.45, 2.75) is 32.2 Å². The Morgan fingerprint density at radius 1 is 1.27 bits per heavy atom. The van der Waals surface area contributed by atoms with E-state index >= 15 is 0 Å². The number of nitrogens with one attached hydrogen (secondary N) is 1. The number of rotatable bonds is 4. The summed E-state index contributed by atoms with van der Waals surface area (Å²) in [5, 5.41) is 15.4. The van der Waals surface area contributed by atoms with Crippen molar-refractivity contribution in [3.05, 3.63) is 5.82 Å². The second-order valence-corrected chi connectivity index (χ2v) is 4.78. The highest BCUT2D eigenvalue weighted by atomic mass is 15.5. The third kappa shape index (κ3) is 2.17. The van der Waals surface area contributed by atoms with Crippen molar-refractivity contribution < 1.29 is 0 Å². The molecule has 1 aliphatic carbocycles. The zero-order valence-corrected chi connectivity index (χ0v) is 8.89. The van der Waals surface area contributed by atoms with Crippen LogP contribution >= 0.6 is 0 Å². The van der Waals surface area contributed by atoms with Gasteiger partial charge in [0.05, 0.1) is 0 Å². The summed E-state index contributed by atoms with van der Waals surface area (Å²) in [6, 6.07) is 0. The third-order valence-electron chi connectivity index (χ3n) is 3.37. The van der Waals surface area contributed by atoms with E-state index in [0.29, 0.717) is 0 Å². The van der Waals surface area contributed by atoms with E-state index in [1.54, 1.807) is 0 Å². The maximum atomic E-state index is 4.13. The van der Waals surface area contributed by atoms with Gasteiger partial charge in [-0.05, 0) is 54.6 Å². The van der Waals surface area contributed by atoms with Crippen molar-refractivity contribution in [1.29, 1.82) is 0 Å². The maximum Gasteiger partial charge on any atom is 0.151 e. The summed E-state index contributed by atoms with van der Waals surface area (Å²) in [7, 11) is 0. The summed E-state index contributed by atoms with van der Waals surface area (Å²) in [5.41, 5.74) is 0. The first kappa shape index (κ1) is 9.27. The Bertz CT molecular complexity index is 324. The van der Waals surface area contributed by atoms with Crippen LogP contribution < -0.4 is 5.32 Å². The van der Waals surface area contributed by atoms with Gasteiger partial charge < -0.3 is 5.32 Å². The van der Waals surface area contributed by atoms with Gasteiger partial charge in [0.25, 0.3) is 0 Å². The molecule has 1 atom stereocenters. The van der Waals surface area contributed by atoms with Gasteiger partial charge in [0.2, 0.25) is 0 Å². The van der Waals surface area contributed by atoms with Gasteiger partial charge >= 0.3 is 0 Å². The van der Waals surface area contributed by atoms with Gasteiger partial charge in [0, 0.05) is 13.0 Å². The molecule has 0 spiro atoms. The molecular formula is C10H17N5. The van der Waals surface area contributed by atoms with Crippen LogP contribution in [0.15, 0.2) is 0 Å². The molecule has 0 bridgehead atoms. The van der Waals surface area contributed by atoms with Gasteiger partial charge in [-0.25, -0.2) is 4.68 Å². The molecule has 0 aromatic carbocycles. The molecule has 2 aliphatic rings. The van der Waals surface area contributed by atoms with Gasteiger partial charge in [-0.1, -0.05) is 0 Å². The normalized spacial score (nSPS) is 26.0. The van der Waals surface area contributed by atoms with Crippen molar-refractivity contribution in [3.63, 3.8) is 0 Å². The predicted molar refractivity (Wildman–Crippen MR) is 55.2 cm³/mol. The van der Waals surface area contributed by atoms with Gasteiger partial charge in [0.15, 0.2) is 5.82 Å². The SMILES string of the molecule is C1CC(Cc2nnnn2CC2CC2)CN1. The quantitative estimate of drug-likeness (QED) is 0.768. The molecule has 1 N–H and O–H groups in total. The molecule has 3 rings (SSSR count). The van der Waals surface area contributed by atoms with Gasteiger partial charge in [-0.3, -0.25) is 0 Å². The minimum Gasteiger partial charge on any atom is -0.316 e. The Hall–Kier alpha value is -0.970. The molecule has 1 aromatic heterocycles. The van der Waals surface area contributed by atoms with Crippen LogP contribution in [0.3, 0.4) is 0 Å². The molecule has 15 heavy (non-hydrogen) atoms. The van der Waals surface area contributed by atoms with Crippen molar-refractivity contribution in [3.8, 4) is 0 Å². The first-order chi connectivity index (χ1) is 7.42. The molecule has 1 saturated heterocycles. The minimum atomic E-state index is 0.731. The van der Waals surface area contributed by atoms with E-state index in [4.69, 9.17) is 0 Å². The fraction of sp³-hybridized carbons (Fsp3) is 0.900. The lowest BCUT2D eigenvalue weighted by Crippen LogP contribution is -2.15. The van der Waals surface area contributed by atoms with Crippen LogP contribution in [0, 0.1) is 11.8 Å². The fourth-order valence-electron chi connectivity index (χ4n) is 2.20. The molecule has 0 amide bonds. The molecule has 1 aromatic rings. The smallest absolute Gasteiger partial charge is 0.151 e. The standard InChI is InChI=1S/C10H17N5/c1-2-8(1)7-15-10(12-13-14-15)5-9-3-4-11-6-9/h8-9,11H,1-7H2. The highest BCUT2D eigenvalue weighted by molar-refractivity contribution is 4.89. The van der Waals surface area contributed by atoms with Crippen molar-refractivity contribution in [2.24, 2.45) is 11.8 Å². The Kier molecular flexibility index (Phi) is 2.40. The second kappa shape index (κ2) is 3.89. The maximum absolute atomic E-state index is 4.13. The predicted octanol–water partition coefficient (Wildman–Crippen LogP) is 0.235. The average Bonchev–Trinajstić information content (AvgIpc) is 2.75. The van der Waals surface area contributed by atoms with Crippen LogP contribution in [0.1, 0.15) is 25.1 Å². The first-order valence-corrected chi connectivity index (χ1v) is 5.87. The Balaban J connectivity index is 1.64. The molecular weight excluding hydrogens is 190 g/mol. The highest BCUT2D eigenvalue weighted by Crippen LogP contribution is 2.30. The van der Waals surface area contributed by atoms with E-state index < -0.39 is 0 Å². The van der Waals surface area contributed by atoms with Crippen molar-refractivity contribution >= 4 is 0 Å². The van der Waals surface area contributed by atoms with Crippen LogP contribution in [0.25, 0.3) is 0 Å². The molecule has 5 nitrogen and oxygen atoms in total. The van der Waals surface area contributed by atoms with E-state index in [1.807, 2.05) is 4.68 Å². The molecule has 1 aliphatic heterocycles. The summed E-state index contributed by atoms with van der Waals surface area (Å²) in [6.07, 6.45) is 5.00. The van der Waals surface area contributed by atoms with Gasteiger partial charge in [0.1, 0.15) is 0 Å². The Morgan fingerprint density at radius 3 is 2.93 bits per heavy atom. The summed E-state index contributed by atoms with van der Waals surface area (Å²) in [4.78, 5) is 0. The van der Waals surface area contributed by atoms with Gasteiger partial charge in [-0.2, -0.15) is 0 Å². The van der Waals surface area contributed by atoms with Crippen molar-refractivity contribution in [1.82, 2.24) is 25.5 Å². The molecule has 0 radical (unpaired) electrons. The fourth-order valence-corrected chi connectivity index (χ4v) is 2.20. The van der Waals surface area contributed by atoms with Crippen LogP contribution in [0.4, 0.5) is 0 Å². The molecule has 2 fully saturated rings. The third-order valence-corrected chi connectivity index (χ3v) is 3.37. The Morgan fingerprint density at radius 2 is 2.20 bits per heavy atom. The number of hydrogen-bond acceptors (Lipinski definition) is 4. The molecule has 82 valence electrons. The summed E-state index contributed by atoms with van der Waals surface area (Å²) in [5.74, 6) is 2.65. The topological polar surface area (TPSA) is 55.6 Å². The van der Waals surface area contributed by atoms with Crippen LogP contribution in [-0.2, 0) is 13.0 Å². The van der Waals surface area contributed by atoms with E-state index in [0.717, 1.165) is 43.7 Å². The van der Waals surface area contributed by atoms with Crippen LogP contribution in [0.5, 0.6) is 0 Å². The van der Waals surface area contributed by atoms with E-state index in [2.05, 4.69) is 20.8 Å². The Labute approximate surface area is 89.2 Å². The number of tetrazole rings is 1. The molecule has 2 heterocycles. The monoisotopic (exact) mass is 207 g/mol. The van der Waals surface area contributed by atoms with Crippen LogP contribution in [-0.4, -0.2) is 33.3 Å². The summed E-state index contributed by atoms with van der Waals surface area (Å²) in [6.45, 7) is 3.30. The van der Waals surface area contributed by atoms with E-state index in [-0.39, 0.29) is 0 Å². The largest absolute Gasteiger partial charge is 0.316 e. The van der Waals surface area contributed by atoms with Crippen LogP contribution in [0.2, 0.25) is 0 Å². The number of aromatic nitrogens is 4. The lowest BCUT2D eigenvalue weighted by Gasteiger charge is -2.07. The summed E-state index contributed by atoms with van der Waals surface area (Å²) >= 11 is 0. The number of hydrogen-bond donors (Lipinski definition) is 1. The first-order valence-electron chi connectivity index (χ1n) is 5.87. The lowest BCUT2D eigenvalue weighted by atomic mass is 10.0. The summed E-state index contributed by atoms with van der Waals surface area (Å²) < 4.78 is 2.01. The minimum absolute atomic E-state index is 0.731. The number of nitrogens with zero attached hydrogens (tertiary/aromatic N) is 4. The molecule has 1 unspecified atom stereocenters. The average molecular weight is 207 g/mol. The van der Waals surface area contributed by atoms with Gasteiger partial charge in [-0.15, -0.1) is 5.10 Å². The zero-order chi connectivity index (χ0) is 10.1. The molecule has 5 heteroatoms. The van der Waals surface area contributed by atoms with E-state index in [1.165, 1.54) is 19.3 Å². The zero-order valence-electron chi connectivity index (χ0n) is 8.89. The second-order valence-electron chi connectivity index (χ2n) is 4.78. The van der Waals surface area contributed by atoms with E-state index in [9.17, 15) is 0 Å². The molecule has 1 saturated carbocycles. The highest BCUT2D eigenvalue weighted by Gasteiger charge is 2.25. The lowest BCUT2D eigenvalue weighted by molar-refractivity contribution is 0.487.